The summed E-state index contributed by atoms with van der Waals surface area (Å²) in [6.07, 6.45) is 8.07. The molecule has 2 aliphatic heterocycles. The number of ether oxygens (including phenoxy) is 1. The zero-order valence-corrected chi connectivity index (χ0v) is 20.4. The van der Waals surface area contributed by atoms with Crippen LogP contribution in [-0.2, 0) is 9.59 Å². The fourth-order valence-corrected chi connectivity index (χ4v) is 5.62. The van der Waals surface area contributed by atoms with E-state index in [9.17, 15) is 9.59 Å². The van der Waals surface area contributed by atoms with Crippen molar-refractivity contribution in [3.63, 3.8) is 0 Å². The third-order valence-corrected chi connectivity index (χ3v) is 7.69. The molecule has 35 heavy (non-hydrogen) atoms. The van der Waals surface area contributed by atoms with E-state index in [1.807, 2.05) is 29.2 Å². The number of aromatic nitrogens is 2. The Labute approximate surface area is 206 Å². The van der Waals surface area contributed by atoms with E-state index >= 15 is 0 Å². The van der Waals surface area contributed by atoms with Crippen LogP contribution in [0.2, 0.25) is 0 Å². The highest BCUT2D eigenvalue weighted by Gasteiger charge is 2.37. The first-order valence-corrected chi connectivity index (χ1v) is 12.9. The number of rotatable bonds is 7. The first kappa shape index (κ1) is 23.8. The van der Waals surface area contributed by atoms with Gasteiger partial charge in [-0.2, -0.15) is 0 Å². The van der Waals surface area contributed by atoms with Crippen molar-refractivity contribution in [1.82, 2.24) is 25.7 Å². The number of carbonyl (C=O) groups excluding carboxylic acids is 2. The number of piperidine rings is 1. The molecule has 3 atom stereocenters. The van der Waals surface area contributed by atoms with Crippen LogP contribution in [0.3, 0.4) is 0 Å². The highest BCUT2D eigenvalue weighted by molar-refractivity contribution is 5.80. The van der Waals surface area contributed by atoms with Crippen LogP contribution in [0.4, 0.5) is 0 Å². The number of methoxy groups -OCH3 is 1. The number of carbonyl (C=O) groups is 2. The van der Waals surface area contributed by atoms with Crippen LogP contribution in [0.15, 0.2) is 28.7 Å². The van der Waals surface area contributed by atoms with Gasteiger partial charge in [0.15, 0.2) is 0 Å². The molecule has 1 aromatic carbocycles. The lowest BCUT2D eigenvalue weighted by molar-refractivity contribution is -0.132. The van der Waals surface area contributed by atoms with Crippen molar-refractivity contribution in [3.05, 3.63) is 30.2 Å². The van der Waals surface area contributed by atoms with Gasteiger partial charge >= 0.3 is 0 Å². The van der Waals surface area contributed by atoms with Gasteiger partial charge in [-0.15, -0.1) is 10.2 Å². The molecule has 3 heterocycles. The predicted molar refractivity (Wildman–Crippen MR) is 130 cm³/mol. The Hall–Kier alpha value is -2.94. The first-order valence-electron chi connectivity index (χ1n) is 12.9. The Morgan fingerprint density at radius 3 is 2.66 bits per heavy atom. The van der Waals surface area contributed by atoms with Crippen molar-refractivity contribution in [2.24, 2.45) is 5.92 Å². The fraction of sp³-hybridized carbons (Fsp3) is 0.615. The standard InChI is InChI=1S/C26H35N5O4/c1-34-19-11-9-17(10-12-19)25-29-30-26(35-25)18-13-15-31(16-14-18)23(32)8-4-7-22-27-21-6-3-2-5-20(21)24(33)28-22/h9-12,18,20-22,27H,2-8,13-16H2,1H3,(H,28,33). The molecule has 3 aliphatic rings. The van der Waals surface area contributed by atoms with Crippen LogP contribution >= 0.6 is 0 Å². The van der Waals surface area contributed by atoms with Gasteiger partial charge in [-0.25, -0.2) is 0 Å². The maximum atomic E-state index is 12.8. The second-order valence-electron chi connectivity index (χ2n) is 9.95. The summed E-state index contributed by atoms with van der Waals surface area (Å²) < 4.78 is 11.1. The third kappa shape index (κ3) is 5.50. The maximum absolute atomic E-state index is 12.8. The molecule has 0 bridgehead atoms. The second kappa shape index (κ2) is 10.8. The van der Waals surface area contributed by atoms with Gasteiger partial charge in [-0.3, -0.25) is 14.9 Å². The Bertz CT molecular complexity index is 1020. The second-order valence-corrected chi connectivity index (χ2v) is 9.95. The van der Waals surface area contributed by atoms with Crippen LogP contribution < -0.4 is 15.4 Å². The summed E-state index contributed by atoms with van der Waals surface area (Å²) in [5.74, 6) is 2.58. The van der Waals surface area contributed by atoms with E-state index in [1.165, 1.54) is 6.42 Å². The molecule has 0 spiro atoms. The minimum absolute atomic E-state index is 0.0159. The lowest BCUT2D eigenvalue weighted by Crippen LogP contribution is -2.62. The number of nitrogens with one attached hydrogen (secondary N) is 2. The SMILES string of the molecule is COc1ccc(-c2nnc(C3CCN(C(=O)CCCC4NC(=O)C5CCCCC5N4)CC3)o2)cc1. The summed E-state index contributed by atoms with van der Waals surface area (Å²) in [4.78, 5) is 27.1. The molecule has 2 saturated heterocycles. The summed E-state index contributed by atoms with van der Waals surface area (Å²) in [5, 5.41) is 15.2. The van der Waals surface area contributed by atoms with E-state index in [1.54, 1.807) is 7.11 Å². The van der Waals surface area contributed by atoms with Crippen molar-refractivity contribution in [3.8, 4) is 17.2 Å². The Morgan fingerprint density at radius 1 is 1.11 bits per heavy atom. The van der Waals surface area contributed by atoms with Gasteiger partial charge in [0.05, 0.1) is 19.2 Å². The molecule has 9 nitrogen and oxygen atoms in total. The Balaban J connectivity index is 1.05. The third-order valence-electron chi connectivity index (χ3n) is 7.69. The van der Waals surface area contributed by atoms with Gasteiger partial charge < -0.3 is 19.4 Å². The molecule has 2 N–H and O–H groups in total. The van der Waals surface area contributed by atoms with Crippen molar-refractivity contribution in [1.29, 1.82) is 0 Å². The van der Waals surface area contributed by atoms with Crippen molar-refractivity contribution in [2.45, 2.75) is 75.9 Å². The summed E-state index contributed by atoms with van der Waals surface area (Å²) >= 11 is 0. The molecular weight excluding hydrogens is 446 g/mol. The Morgan fingerprint density at radius 2 is 1.89 bits per heavy atom. The molecule has 5 rings (SSSR count). The average molecular weight is 482 g/mol. The molecule has 3 unspecified atom stereocenters. The normalized spacial score (nSPS) is 25.1. The predicted octanol–water partition coefficient (Wildman–Crippen LogP) is 3.23. The minimum Gasteiger partial charge on any atom is -0.497 e. The summed E-state index contributed by atoms with van der Waals surface area (Å²) in [7, 11) is 1.63. The number of hydrogen-bond donors (Lipinski definition) is 2. The van der Waals surface area contributed by atoms with Crippen LogP contribution in [0.25, 0.3) is 11.5 Å². The number of likely N-dealkylation sites (tertiary alicyclic amines) is 1. The minimum atomic E-state index is -0.0159. The topological polar surface area (TPSA) is 110 Å². The van der Waals surface area contributed by atoms with Crippen molar-refractivity contribution < 1.29 is 18.7 Å². The number of nitrogens with zero attached hydrogens (tertiary/aromatic N) is 3. The van der Waals surface area contributed by atoms with Gasteiger partial charge in [-0.05, 0) is 62.8 Å². The summed E-state index contributed by atoms with van der Waals surface area (Å²) in [5.41, 5.74) is 0.861. The molecule has 3 fully saturated rings. The first-order chi connectivity index (χ1) is 17.1. The molecule has 1 saturated carbocycles. The zero-order chi connectivity index (χ0) is 24.2. The largest absolute Gasteiger partial charge is 0.497 e. The monoisotopic (exact) mass is 481 g/mol. The van der Waals surface area contributed by atoms with Crippen LogP contribution in [-0.4, -0.2) is 59.3 Å². The highest BCUT2D eigenvalue weighted by atomic mass is 16.5. The molecule has 1 aromatic heterocycles. The zero-order valence-electron chi connectivity index (χ0n) is 20.4. The lowest BCUT2D eigenvalue weighted by Gasteiger charge is -2.40. The van der Waals surface area contributed by atoms with E-state index in [4.69, 9.17) is 9.15 Å². The van der Waals surface area contributed by atoms with Crippen LogP contribution in [0.5, 0.6) is 5.75 Å². The molecule has 188 valence electrons. The van der Waals surface area contributed by atoms with Crippen molar-refractivity contribution >= 4 is 11.8 Å². The Kier molecular flexibility index (Phi) is 7.32. The smallest absolute Gasteiger partial charge is 0.247 e. The summed E-state index contributed by atoms with van der Waals surface area (Å²) in [6.45, 7) is 1.40. The van der Waals surface area contributed by atoms with Gasteiger partial charge in [0.25, 0.3) is 0 Å². The van der Waals surface area contributed by atoms with E-state index in [0.29, 0.717) is 37.3 Å². The quantitative estimate of drug-likeness (QED) is 0.625. The highest BCUT2D eigenvalue weighted by Crippen LogP contribution is 2.31. The molecular formula is C26H35N5O4. The van der Waals surface area contributed by atoms with Gasteiger partial charge in [0, 0.05) is 37.0 Å². The number of amides is 2. The van der Waals surface area contributed by atoms with E-state index in [2.05, 4.69) is 20.8 Å². The van der Waals surface area contributed by atoms with Gasteiger partial charge in [0.2, 0.25) is 23.6 Å². The summed E-state index contributed by atoms with van der Waals surface area (Å²) in [6, 6.07) is 7.84. The molecule has 2 aromatic rings. The number of hydrogen-bond acceptors (Lipinski definition) is 7. The molecule has 1 aliphatic carbocycles. The van der Waals surface area contributed by atoms with Crippen molar-refractivity contribution in [2.75, 3.05) is 20.2 Å². The molecule has 0 radical (unpaired) electrons. The van der Waals surface area contributed by atoms with E-state index in [0.717, 1.165) is 56.3 Å². The van der Waals surface area contributed by atoms with E-state index < -0.39 is 0 Å². The fourth-order valence-electron chi connectivity index (χ4n) is 5.62. The average Bonchev–Trinajstić information content (AvgIpc) is 3.39. The molecule has 2 amide bonds. The molecule has 9 heteroatoms. The van der Waals surface area contributed by atoms with Crippen LogP contribution in [0, 0.1) is 5.92 Å². The van der Waals surface area contributed by atoms with Crippen LogP contribution in [0.1, 0.15) is 69.6 Å². The lowest BCUT2D eigenvalue weighted by atomic mass is 9.82. The van der Waals surface area contributed by atoms with Gasteiger partial charge in [0.1, 0.15) is 5.75 Å². The maximum Gasteiger partial charge on any atom is 0.247 e. The number of fused-ring (bicyclic) bond motifs is 1. The van der Waals surface area contributed by atoms with Gasteiger partial charge in [-0.1, -0.05) is 12.8 Å². The van der Waals surface area contributed by atoms with E-state index in [-0.39, 0.29) is 29.8 Å². The number of benzene rings is 1.